The molecule has 0 bridgehead atoms. The van der Waals surface area contributed by atoms with Crippen LogP contribution in [-0.2, 0) is 11.2 Å². The predicted molar refractivity (Wildman–Crippen MR) is 124 cm³/mol. The van der Waals surface area contributed by atoms with Crippen LogP contribution in [0.15, 0.2) is 29.6 Å². The number of alkyl halides is 1. The van der Waals surface area contributed by atoms with E-state index in [9.17, 15) is 9.59 Å². The van der Waals surface area contributed by atoms with E-state index in [-0.39, 0.29) is 17.9 Å². The van der Waals surface area contributed by atoms with Gasteiger partial charge in [-0.25, -0.2) is 4.98 Å². The maximum absolute atomic E-state index is 13.1. The maximum atomic E-state index is 13.1. The van der Waals surface area contributed by atoms with E-state index in [1.807, 2.05) is 22.2 Å². The molecule has 1 saturated heterocycles. The van der Waals surface area contributed by atoms with Crippen molar-refractivity contribution in [1.82, 2.24) is 14.8 Å². The van der Waals surface area contributed by atoms with E-state index in [2.05, 4.69) is 46.9 Å². The Balaban J connectivity index is 1.43. The topological polar surface area (TPSA) is 53.5 Å². The number of rotatable bonds is 4. The molecule has 2 amide bonds. The molecule has 2 aromatic rings. The Morgan fingerprint density at radius 3 is 2.76 bits per heavy atom. The van der Waals surface area contributed by atoms with Gasteiger partial charge in [0.05, 0.1) is 15.5 Å². The van der Waals surface area contributed by atoms with Crippen LogP contribution in [0, 0.1) is 0 Å². The van der Waals surface area contributed by atoms with Gasteiger partial charge in [-0.15, -0.1) is 11.3 Å². The summed E-state index contributed by atoms with van der Waals surface area (Å²) in [5.41, 5.74) is 3.19. The Bertz CT molecular complexity index is 892. The van der Waals surface area contributed by atoms with Crippen molar-refractivity contribution in [2.24, 2.45) is 0 Å². The first-order chi connectivity index (χ1) is 14.1. The molecule has 4 rings (SSSR count). The van der Waals surface area contributed by atoms with Gasteiger partial charge in [-0.05, 0) is 43.2 Å². The lowest BCUT2D eigenvalue weighted by Crippen LogP contribution is -2.38. The molecule has 1 aliphatic heterocycles. The fourth-order valence-corrected chi connectivity index (χ4v) is 5.93. The van der Waals surface area contributed by atoms with Crippen molar-refractivity contribution in [2.75, 3.05) is 24.6 Å². The average molecular weight is 523 g/mol. The molecule has 1 atom stereocenters. The van der Waals surface area contributed by atoms with Crippen LogP contribution in [0.1, 0.15) is 64.3 Å². The van der Waals surface area contributed by atoms with E-state index in [1.54, 1.807) is 11.3 Å². The molecule has 1 aliphatic carbocycles. The van der Waals surface area contributed by atoms with Gasteiger partial charge in [-0.1, -0.05) is 46.9 Å². The third kappa shape index (κ3) is 4.35. The highest BCUT2D eigenvalue weighted by molar-refractivity contribution is 14.1. The number of aryl methyl sites for hydroxylation is 1. The number of hydrogen-bond donors (Lipinski definition) is 0. The summed E-state index contributed by atoms with van der Waals surface area (Å²) in [4.78, 5) is 33.6. The number of hydrogen-bond acceptors (Lipinski definition) is 4. The summed E-state index contributed by atoms with van der Waals surface area (Å²) in [5.74, 6) is 0.570. The minimum atomic E-state index is 0.00623. The van der Waals surface area contributed by atoms with E-state index >= 15 is 0 Å². The lowest BCUT2D eigenvalue weighted by Gasteiger charge is -2.33. The molecule has 0 unspecified atom stereocenters. The summed E-state index contributed by atoms with van der Waals surface area (Å²) in [6, 6.07) is 8.59. The van der Waals surface area contributed by atoms with Gasteiger partial charge in [0.25, 0.3) is 5.91 Å². The molecule has 0 N–H and O–H groups in total. The van der Waals surface area contributed by atoms with Crippen molar-refractivity contribution in [1.29, 1.82) is 0 Å². The van der Waals surface area contributed by atoms with E-state index in [0.29, 0.717) is 16.0 Å². The lowest BCUT2D eigenvalue weighted by atomic mass is 9.87. The summed E-state index contributed by atoms with van der Waals surface area (Å²) >= 11 is 3.71. The number of carbonyl (C=O) groups is 2. The minimum absolute atomic E-state index is 0.00623. The Hall–Kier alpha value is -1.48. The van der Waals surface area contributed by atoms with Gasteiger partial charge >= 0.3 is 0 Å². The van der Waals surface area contributed by atoms with Gasteiger partial charge in [0, 0.05) is 31.4 Å². The van der Waals surface area contributed by atoms with Gasteiger partial charge < -0.3 is 9.80 Å². The zero-order valence-corrected chi connectivity index (χ0v) is 19.6. The van der Waals surface area contributed by atoms with Crippen LogP contribution in [0.3, 0.4) is 0 Å². The highest BCUT2D eigenvalue weighted by Crippen LogP contribution is 2.35. The number of fused-ring (bicyclic) bond motifs is 1. The summed E-state index contributed by atoms with van der Waals surface area (Å²) in [6.45, 7) is 1.57. The Morgan fingerprint density at radius 1 is 1.24 bits per heavy atom. The zero-order valence-electron chi connectivity index (χ0n) is 16.6. The van der Waals surface area contributed by atoms with Crippen molar-refractivity contribution in [3.8, 4) is 0 Å². The van der Waals surface area contributed by atoms with Crippen LogP contribution in [0.25, 0.3) is 0 Å². The van der Waals surface area contributed by atoms with Crippen LogP contribution in [0.5, 0.6) is 0 Å². The number of halogens is 1. The highest BCUT2D eigenvalue weighted by Gasteiger charge is 2.30. The van der Waals surface area contributed by atoms with Crippen LogP contribution in [0.2, 0.25) is 0 Å². The number of thiazole rings is 1. The van der Waals surface area contributed by atoms with Crippen LogP contribution < -0.4 is 0 Å². The normalized spacial score (nSPS) is 19.7. The maximum Gasteiger partial charge on any atom is 0.273 e. The first kappa shape index (κ1) is 20.8. The molecule has 5 nitrogen and oxygen atoms in total. The molecular weight excluding hydrogens is 497 g/mol. The number of likely N-dealkylation sites (tertiary alicyclic amines) is 1. The van der Waals surface area contributed by atoms with Crippen LogP contribution in [-0.4, -0.2) is 51.2 Å². The van der Waals surface area contributed by atoms with Crippen molar-refractivity contribution in [3.05, 3.63) is 51.5 Å². The van der Waals surface area contributed by atoms with E-state index in [1.165, 1.54) is 11.1 Å². The van der Waals surface area contributed by atoms with E-state index in [4.69, 9.17) is 4.98 Å². The zero-order chi connectivity index (χ0) is 20.4. The summed E-state index contributed by atoms with van der Waals surface area (Å²) < 4.78 is 0.537. The fraction of sp³-hybridized carbons (Fsp3) is 0.500. The first-order valence-corrected chi connectivity index (χ1v) is 12.6. The Morgan fingerprint density at radius 2 is 2.00 bits per heavy atom. The second kappa shape index (κ2) is 9.12. The van der Waals surface area contributed by atoms with Crippen LogP contribution in [0.4, 0.5) is 0 Å². The lowest BCUT2D eigenvalue weighted by molar-refractivity contribution is -0.129. The quantitative estimate of drug-likeness (QED) is 0.440. The molecule has 29 heavy (non-hydrogen) atoms. The van der Waals surface area contributed by atoms with Crippen molar-refractivity contribution >= 4 is 45.7 Å². The van der Waals surface area contributed by atoms with Gasteiger partial charge in [0.15, 0.2) is 0 Å². The monoisotopic (exact) mass is 523 g/mol. The number of carbonyl (C=O) groups excluding carboxylic acids is 2. The Labute approximate surface area is 189 Å². The van der Waals surface area contributed by atoms with Gasteiger partial charge in [-0.3, -0.25) is 9.59 Å². The smallest absolute Gasteiger partial charge is 0.273 e. The molecule has 0 spiro atoms. The molecule has 2 aliphatic rings. The minimum Gasteiger partial charge on any atom is -0.342 e. The summed E-state index contributed by atoms with van der Waals surface area (Å²) in [5, 5.41) is 2.94. The molecule has 1 aromatic heterocycles. The molecule has 0 saturated carbocycles. The molecule has 7 heteroatoms. The average Bonchev–Trinajstić information content (AvgIpc) is 3.27. The van der Waals surface area contributed by atoms with Gasteiger partial charge in [-0.2, -0.15) is 0 Å². The largest absolute Gasteiger partial charge is 0.342 e. The first-order valence-electron chi connectivity index (χ1n) is 10.2. The van der Waals surface area contributed by atoms with Gasteiger partial charge in [0.1, 0.15) is 5.69 Å². The number of nitrogens with zero attached hydrogens (tertiary/aromatic N) is 3. The highest BCUT2D eigenvalue weighted by atomic mass is 127. The number of amides is 2. The second-order valence-electron chi connectivity index (χ2n) is 7.88. The van der Waals surface area contributed by atoms with Gasteiger partial charge in [0.2, 0.25) is 5.91 Å². The molecule has 1 fully saturated rings. The standard InChI is InChI=1S/C22H26IN3O2S/c1-25(19-8-4-6-15-5-2-3-7-17(15)19)22(28)18-14-29-21(24-18)16-9-11-26(12-10-16)20(27)13-23/h2-3,5,7,14,16,19H,4,6,8-13H2,1H3/t19-/m1/s1. The predicted octanol–water partition coefficient (Wildman–Crippen LogP) is 4.43. The van der Waals surface area contributed by atoms with Crippen LogP contribution >= 0.6 is 33.9 Å². The van der Waals surface area contributed by atoms with Crippen molar-refractivity contribution in [3.63, 3.8) is 0 Å². The number of benzene rings is 1. The number of piperidine rings is 1. The van der Waals surface area contributed by atoms with Crippen molar-refractivity contribution < 1.29 is 9.59 Å². The van der Waals surface area contributed by atoms with Crippen molar-refractivity contribution in [2.45, 2.75) is 44.1 Å². The molecule has 2 heterocycles. The fourth-order valence-electron chi connectivity index (χ4n) is 4.49. The van der Waals surface area contributed by atoms with E-state index < -0.39 is 0 Å². The summed E-state index contributed by atoms with van der Waals surface area (Å²) in [6.07, 6.45) is 5.05. The second-order valence-corrected chi connectivity index (χ2v) is 9.54. The molecule has 0 radical (unpaired) electrons. The summed E-state index contributed by atoms with van der Waals surface area (Å²) in [7, 11) is 1.91. The third-order valence-corrected chi connectivity index (χ3v) is 7.84. The number of aromatic nitrogens is 1. The molecular formula is C22H26IN3O2S. The molecule has 154 valence electrons. The SMILES string of the molecule is CN(C(=O)c1csc(C2CCN(C(=O)CI)CC2)n1)[C@@H]1CCCc2ccccc21. The Kier molecular flexibility index (Phi) is 6.53. The third-order valence-electron chi connectivity index (χ3n) is 6.18. The molecule has 1 aromatic carbocycles. The van der Waals surface area contributed by atoms with E-state index in [0.717, 1.165) is 50.2 Å².